The number of carbonyl (C=O) groups excluding carboxylic acids is 2. The van der Waals surface area contributed by atoms with Crippen molar-refractivity contribution in [1.82, 2.24) is 10.2 Å². The van der Waals surface area contributed by atoms with Crippen LogP contribution in [0.3, 0.4) is 0 Å². The molecule has 0 heterocycles. The van der Waals surface area contributed by atoms with Crippen LogP contribution in [-0.2, 0) is 14.3 Å². The molecule has 33 heavy (non-hydrogen) atoms. The number of alkyl carbamates (subject to hydrolysis) is 1. The van der Waals surface area contributed by atoms with Crippen LogP contribution < -0.4 is 5.32 Å². The number of amides is 2. The number of nitrogens with zero attached hydrogens (tertiary/aromatic N) is 1. The molecule has 0 spiro atoms. The molecule has 2 aromatic carbocycles. The van der Waals surface area contributed by atoms with Gasteiger partial charge in [0.2, 0.25) is 5.91 Å². The van der Waals surface area contributed by atoms with Crippen molar-refractivity contribution in [2.24, 2.45) is 0 Å². The van der Waals surface area contributed by atoms with Gasteiger partial charge in [0.25, 0.3) is 0 Å². The molecule has 7 nitrogen and oxygen atoms in total. The molecule has 4 rings (SSSR count). The molecule has 2 aliphatic carbocycles. The molecule has 1 atom stereocenters. The number of carboxylic acid groups (broad SMARTS) is 1. The number of hydrogen-bond donors (Lipinski definition) is 2. The van der Waals surface area contributed by atoms with Crippen molar-refractivity contribution in [2.45, 2.75) is 57.0 Å². The number of hydrogen-bond acceptors (Lipinski definition) is 4. The van der Waals surface area contributed by atoms with Gasteiger partial charge in [0.05, 0.1) is 0 Å². The molecule has 1 fully saturated rings. The molecule has 0 aliphatic heterocycles. The van der Waals surface area contributed by atoms with Gasteiger partial charge in [-0.05, 0) is 48.9 Å². The summed E-state index contributed by atoms with van der Waals surface area (Å²) in [4.78, 5) is 39.1. The number of ether oxygens (including phenoxy) is 1. The van der Waals surface area contributed by atoms with Crippen molar-refractivity contribution < 1.29 is 24.2 Å². The van der Waals surface area contributed by atoms with E-state index in [2.05, 4.69) is 29.6 Å². The van der Waals surface area contributed by atoms with Gasteiger partial charge >= 0.3 is 12.1 Å². The summed E-state index contributed by atoms with van der Waals surface area (Å²) >= 11 is 0. The van der Waals surface area contributed by atoms with Gasteiger partial charge < -0.3 is 20.1 Å². The van der Waals surface area contributed by atoms with Crippen molar-refractivity contribution in [2.75, 3.05) is 13.2 Å². The zero-order valence-corrected chi connectivity index (χ0v) is 19.0. The van der Waals surface area contributed by atoms with Crippen molar-refractivity contribution >= 4 is 18.0 Å². The Morgan fingerprint density at radius 1 is 1.06 bits per heavy atom. The summed E-state index contributed by atoms with van der Waals surface area (Å²) in [6.45, 7) is 3.64. The van der Waals surface area contributed by atoms with Crippen LogP contribution in [0.1, 0.15) is 56.6 Å². The second kappa shape index (κ2) is 9.25. The van der Waals surface area contributed by atoms with Gasteiger partial charge in [0.15, 0.2) is 0 Å². The van der Waals surface area contributed by atoms with Crippen LogP contribution in [0, 0.1) is 0 Å². The maximum Gasteiger partial charge on any atom is 0.408 e. The minimum absolute atomic E-state index is 0.0717. The van der Waals surface area contributed by atoms with Crippen LogP contribution in [0.4, 0.5) is 4.79 Å². The summed E-state index contributed by atoms with van der Waals surface area (Å²) in [6.07, 6.45) is 1.87. The van der Waals surface area contributed by atoms with Crippen LogP contribution >= 0.6 is 0 Å². The smallest absolute Gasteiger partial charge is 0.408 e. The molecule has 2 aromatic rings. The van der Waals surface area contributed by atoms with E-state index in [4.69, 9.17) is 4.74 Å². The Balaban J connectivity index is 1.49. The van der Waals surface area contributed by atoms with Crippen LogP contribution in [0.2, 0.25) is 0 Å². The molecule has 0 saturated heterocycles. The van der Waals surface area contributed by atoms with Crippen LogP contribution in [-0.4, -0.2) is 52.7 Å². The predicted octanol–water partition coefficient (Wildman–Crippen LogP) is 4.16. The highest BCUT2D eigenvalue weighted by atomic mass is 16.5. The zero-order chi connectivity index (χ0) is 23.6. The van der Waals surface area contributed by atoms with E-state index < -0.39 is 23.6 Å². The molecule has 0 bridgehead atoms. The topological polar surface area (TPSA) is 95.9 Å². The third-order valence-corrected chi connectivity index (χ3v) is 6.98. The average Bonchev–Trinajstić information content (AvgIpc) is 3.41. The van der Waals surface area contributed by atoms with Gasteiger partial charge in [-0.15, -0.1) is 0 Å². The van der Waals surface area contributed by atoms with Gasteiger partial charge in [-0.25, -0.2) is 9.59 Å². The van der Waals surface area contributed by atoms with E-state index >= 15 is 0 Å². The minimum Gasteiger partial charge on any atom is -0.480 e. The van der Waals surface area contributed by atoms with Crippen LogP contribution in [0.25, 0.3) is 11.1 Å². The third-order valence-electron chi connectivity index (χ3n) is 6.98. The standard InChI is InChI=1S/C26H30N2O5/c1-3-28(17(2)23(29)30)24(31)26(14-8-9-15-26)27-25(32)33-16-22-20-12-6-4-10-18(20)19-11-5-7-13-21(19)22/h4-7,10-13,17,22H,3,8-9,14-16H2,1-2H3,(H,27,32)(H,29,30). The zero-order valence-electron chi connectivity index (χ0n) is 19.0. The molecule has 1 unspecified atom stereocenters. The third kappa shape index (κ3) is 4.19. The molecular formula is C26H30N2O5. The molecule has 0 radical (unpaired) electrons. The summed E-state index contributed by atoms with van der Waals surface area (Å²) in [5, 5.41) is 12.2. The lowest BCUT2D eigenvalue weighted by molar-refractivity contribution is -0.152. The molecule has 0 aromatic heterocycles. The average molecular weight is 451 g/mol. The van der Waals surface area contributed by atoms with Crippen LogP contribution in [0.15, 0.2) is 48.5 Å². The van der Waals surface area contributed by atoms with Gasteiger partial charge in [-0.1, -0.05) is 61.4 Å². The highest BCUT2D eigenvalue weighted by molar-refractivity contribution is 5.93. The maximum absolute atomic E-state index is 13.4. The van der Waals surface area contributed by atoms with Crippen molar-refractivity contribution in [3.05, 3.63) is 59.7 Å². The summed E-state index contributed by atoms with van der Waals surface area (Å²) in [5.74, 6) is -1.50. The first-order valence-electron chi connectivity index (χ1n) is 11.5. The van der Waals surface area contributed by atoms with Gasteiger partial charge in [0, 0.05) is 12.5 Å². The van der Waals surface area contributed by atoms with E-state index in [9.17, 15) is 19.5 Å². The number of aliphatic carboxylic acids is 1. The Bertz CT molecular complexity index is 1010. The summed E-state index contributed by atoms with van der Waals surface area (Å²) in [5.41, 5.74) is 3.40. The monoisotopic (exact) mass is 450 g/mol. The lowest BCUT2D eigenvalue weighted by Crippen LogP contribution is -2.60. The number of fused-ring (bicyclic) bond motifs is 3. The number of carbonyl (C=O) groups is 3. The lowest BCUT2D eigenvalue weighted by atomic mass is 9.94. The molecule has 2 amide bonds. The SMILES string of the molecule is CCN(C(=O)C1(NC(=O)OCC2c3ccccc3-c3ccccc32)CCCC1)C(C)C(=O)O. The first-order chi connectivity index (χ1) is 15.9. The molecule has 2 N–H and O–H groups in total. The summed E-state index contributed by atoms with van der Waals surface area (Å²) in [6, 6.07) is 15.2. The summed E-state index contributed by atoms with van der Waals surface area (Å²) < 4.78 is 5.66. The maximum atomic E-state index is 13.4. The highest BCUT2D eigenvalue weighted by Gasteiger charge is 2.46. The molecule has 1 saturated carbocycles. The second-order valence-electron chi connectivity index (χ2n) is 8.85. The highest BCUT2D eigenvalue weighted by Crippen LogP contribution is 2.44. The van der Waals surface area contributed by atoms with Gasteiger partial charge in [-0.3, -0.25) is 4.79 Å². The van der Waals surface area contributed by atoms with E-state index in [-0.39, 0.29) is 25.0 Å². The first-order valence-corrected chi connectivity index (χ1v) is 11.5. The number of rotatable bonds is 7. The quantitative estimate of drug-likeness (QED) is 0.660. The lowest BCUT2D eigenvalue weighted by Gasteiger charge is -2.36. The largest absolute Gasteiger partial charge is 0.480 e. The minimum atomic E-state index is -1.12. The Morgan fingerprint density at radius 3 is 2.12 bits per heavy atom. The fraction of sp³-hybridized carbons (Fsp3) is 0.423. The van der Waals surface area contributed by atoms with E-state index in [1.807, 2.05) is 24.3 Å². The van der Waals surface area contributed by atoms with Crippen molar-refractivity contribution in [3.8, 4) is 11.1 Å². The molecule has 7 heteroatoms. The fourth-order valence-electron chi connectivity index (χ4n) is 5.20. The van der Waals surface area contributed by atoms with Crippen molar-refractivity contribution in [1.29, 1.82) is 0 Å². The fourth-order valence-corrected chi connectivity index (χ4v) is 5.20. The van der Waals surface area contributed by atoms with Gasteiger partial charge in [0.1, 0.15) is 18.2 Å². The summed E-state index contributed by atoms with van der Waals surface area (Å²) in [7, 11) is 0. The second-order valence-corrected chi connectivity index (χ2v) is 8.85. The number of nitrogens with one attached hydrogen (secondary N) is 1. The molecular weight excluding hydrogens is 420 g/mol. The Kier molecular flexibility index (Phi) is 6.40. The number of carboxylic acids is 1. The molecule has 2 aliphatic rings. The normalized spacial score (nSPS) is 17.0. The van der Waals surface area contributed by atoms with Gasteiger partial charge in [-0.2, -0.15) is 0 Å². The number of benzene rings is 2. The predicted molar refractivity (Wildman–Crippen MR) is 124 cm³/mol. The van der Waals surface area contributed by atoms with Crippen LogP contribution in [0.5, 0.6) is 0 Å². The van der Waals surface area contributed by atoms with E-state index in [1.165, 1.54) is 11.8 Å². The Hall–Kier alpha value is -3.35. The first kappa shape index (κ1) is 22.8. The van der Waals surface area contributed by atoms with E-state index in [1.54, 1.807) is 6.92 Å². The number of likely N-dealkylation sites (N-methyl/N-ethyl adjacent to an activating group) is 1. The Morgan fingerprint density at radius 2 is 1.61 bits per heavy atom. The van der Waals surface area contributed by atoms with E-state index in [0.717, 1.165) is 35.1 Å². The molecule has 174 valence electrons. The Labute approximate surface area is 193 Å². The van der Waals surface area contributed by atoms with Crippen molar-refractivity contribution in [3.63, 3.8) is 0 Å². The van der Waals surface area contributed by atoms with E-state index in [0.29, 0.717) is 12.8 Å².